The Morgan fingerprint density at radius 3 is 1.81 bits per heavy atom. The van der Waals surface area contributed by atoms with E-state index in [4.69, 9.17) is 23.2 Å². The summed E-state index contributed by atoms with van der Waals surface area (Å²) in [6.45, 7) is 13.6. The van der Waals surface area contributed by atoms with E-state index in [0.717, 1.165) is 34.0 Å². The molecule has 0 heterocycles. The third-order valence-corrected chi connectivity index (χ3v) is 9.23. The molecule has 0 fully saturated rings. The van der Waals surface area contributed by atoms with Gasteiger partial charge in [-0.1, -0.05) is 76.3 Å². The number of rotatable bonds is 2. The average Bonchev–Trinajstić information content (AvgIpc) is 3.63. The molecule has 0 spiro atoms. The van der Waals surface area contributed by atoms with Crippen molar-refractivity contribution in [1.29, 1.82) is 0 Å². The summed E-state index contributed by atoms with van der Waals surface area (Å²) in [6.07, 6.45) is 11.0. The van der Waals surface area contributed by atoms with Crippen molar-refractivity contribution in [2.45, 2.75) is 65.2 Å². The normalized spacial score (nSPS) is 13.0. The zero-order valence-electron chi connectivity index (χ0n) is 25.4. The van der Waals surface area contributed by atoms with Crippen LogP contribution < -0.4 is 0 Å². The first kappa shape index (κ1) is 32.6. The predicted octanol–water partition coefficient (Wildman–Crippen LogP) is 11.1. The molecule has 42 heavy (non-hydrogen) atoms. The number of hydrogen-bond donors (Lipinski definition) is 0. The molecule has 0 radical (unpaired) electrons. The van der Waals surface area contributed by atoms with Crippen LogP contribution in [0.3, 0.4) is 0 Å². The van der Waals surface area contributed by atoms with Crippen LogP contribution in [-0.4, -0.2) is 3.21 Å². The minimum atomic E-state index is 0.177. The molecule has 212 valence electrons. The van der Waals surface area contributed by atoms with E-state index in [9.17, 15) is 0 Å². The van der Waals surface area contributed by atoms with Crippen LogP contribution in [0.5, 0.6) is 0 Å². The molecule has 0 amide bonds. The van der Waals surface area contributed by atoms with Crippen molar-refractivity contribution in [1.82, 2.24) is 0 Å². The summed E-state index contributed by atoms with van der Waals surface area (Å²) in [5.41, 5.74) is 11.1. The second kappa shape index (κ2) is 14.0. The molecule has 4 aromatic carbocycles. The zero-order valence-corrected chi connectivity index (χ0v) is 29.4. The van der Waals surface area contributed by atoms with Gasteiger partial charge in [0.15, 0.2) is 0 Å². The van der Waals surface area contributed by atoms with Gasteiger partial charge in [-0.2, -0.15) is 35.4 Å². The first-order valence-electron chi connectivity index (χ1n) is 14.3. The van der Waals surface area contributed by atoms with E-state index in [1.807, 2.05) is 48.6 Å². The Morgan fingerprint density at radius 2 is 1.33 bits per heavy atom. The predicted molar refractivity (Wildman–Crippen MR) is 179 cm³/mol. The topological polar surface area (TPSA) is 0 Å². The van der Waals surface area contributed by atoms with Crippen LogP contribution in [0.15, 0.2) is 97.1 Å². The molecule has 0 bridgehead atoms. The molecule has 0 unspecified atom stereocenters. The Bertz CT molecular complexity index is 1510. The van der Waals surface area contributed by atoms with Crippen molar-refractivity contribution >= 4 is 26.4 Å². The van der Waals surface area contributed by atoms with E-state index in [2.05, 4.69) is 102 Å². The monoisotopic (exact) mass is 666 g/mol. The number of benzene rings is 4. The van der Waals surface area contributed by atoms with Crippen LogP contribution in [0.4, 0.5) is 0 Å². The summed E-state index contributed by atoms with van der Waals surface area (Å²) in [4.78, 5) is 0. The smallest absolute Gasteiger partial charge is 0.109 e. The van der Waals surface area contributed by atoms with Crippen LogP contribution in [0.1, 0.15) is 81.3 Å². The summed E-state index contributed by atoms with van der Waals surface area (Å²) in [6, 6.07) is 30.8. The van der Waals surface area contributed by atoms with Crippen LogP contribution in [0.2, 0.25) is 10.0 Å². The molecule has 0 aliphatic heterocycles. The summed E-state index contributed by atoms with van der Waals surface area (Å²) in [5, 5.41) is 1.53. The maximum absolute atomic E-state index is 5.98. The number of allylic oxidation sites excluding steroid dienone is 4. The molecule has 0 N–H and O–H groups in total. The van der Waals surface area contributed by atoms with E-state index >= 15 is 0 Å². The summed E-state index contributed by atoms with van der Waals surface area (Å²) >= 11 is 13.3. The molecule has 2 aliphatic carbocycles. The van der Waals surface area contributed by atoms with Gasteiger partial charge in [0.2, 0.25) is 0 Å². The van der Waals surface area contributed by atoms with Gasteiger partial charge in [0.05, 0.1) is 0 Å². The van der Waals surface area contributed by atoms with Gasteiger partial charge in [0, 0.05) is 0 Å². The van der Waals surface area contributed by atoms with Crippen LogP contribution in [0.25, 0.3) is 11.1 Å². The van der Waals surface area contributed by atoms with E-state index in [1.54, 1.807) is 0 Å². The van der Waals surface area contributed by atoms with Crippen molar-refractivity contribution in [2.24, 2.45) is 0 Å². The molecular formula is C39H38Cl2Zr. The zero-order chi connectivity index (χ0) is 30.5. The quantitative estimate of drug-likeness (QED) is 0.164. The molecular weight excluding hydrogens is 631 g/mol. The van der Waals surface area contributed by atoms with E-state index in [-0.39, 0.29) is 10.8 Å². The van der Waals surface area contributed by atoms with Gasteiger partial charge in [0.1, 0.15) is 0 Å². The Morgan fingerprint density at radius 1 is 0.738 bits per heavy atom. The van der Waals surface area contributed by atoms with Gasteiger partial charge in [-0.25, -0.2) is 12.2 Å². The Balaban J connectivity index is 0.000000170. The van der Waals surface area contributed by atoms with Gasteiger partial charge < -0.3 is 0 Å². The number of halogens is 2. The fourth-order valence-electron chi connectivity index (χ4n) is 4.78. The SMILES string of the molecule is CC(C)(C)c1c[c-]c2c(c1)-c1cc(C(C)(C)C)ccc1C2.Clc1cccc([C](=[Zr+2])c2cccc(Cl)c2)c1.[C-]1=CC=CC1. The average molecular weight is 669 g/mol. The summed E-state index contributed by atoms with van der Waals surface area (Å²) < 4.78 is 1.26. The molecule has 2 aliphatic rings. The van der Waals surface area contributed by atoms with Crippen molar-refractivity contribution in [3.05, 3.63) is 153 Å². The minimum absolute atomic E-state index is 0.177. The third kappa shape index (κ3) is 8.63. The first-order chi connectivity index (χ1) is 19.8. The molecule has 0 atom stereocenters. The van der Waals surface area contributed by atoms with Gasteiger partial charge >= 0.3 is 120 Å². The first-order valence-corrected chi connectivity index (χ1v) is 16.3. The molecule has 0 nitrogen and oxygen atoms in total. The Hall–Kier alpha value is -2.31. The van der Waals surface area contributed by atoms with Gasteiger partial charge in [0.25, 0.3) is 0 Å². The maximum Gasteiger partial charge on any atom is -0.109 e. The fourth-order valence-corrected chi connectivity index (χ4v) is 5.92. The van der Waals surface area contributed by atoms with Crippen LogP contribution >= 0.6 is 23.2 Å². The van der Waals surface area contributed by atoms with Crippen molar-refractivity contribution < 1.29 is 24.2 Å². The van der Waals surface area contributed by atoms with Crippen LogP contribution in [-0.2, 0) is 41.5 Å². The van der Waals surface area contributed by atoms with Gasteiger partial charge in [-0.15, -0.1) is 12.0 Å². The molecule has 0 aromatic heterocycles. The molecule has 6 rings (SSSR count). The number of fused-ring (bicyclic) bond motifs is 3. The molecule has 3 heteroatoms. The van der Waals surface area contributed by atoms with E-state index in [1.165, 1.54) is 60.8 Å². The standard InChI is InChI=1S/C21H25.C13H8Cl2.C5H5.Zr/c1-20(2,3)16-9-7-14-11-15-8-10-17(21(4,5)6)13-19(15)18(14)12-16;14-12-5-1-3-10(8-12)7-11-4-2-6-13(15)9-11;1-2-4-5-3-1;/h7,9-10,12-13H,11H2,1-6H3;1-6,8-9H;1-3H,4H2;/q-1;;-1;+2. The minimum Gasteiger partial charge on any atom is -0.273 e. The second-order valence-electron chi connectivity index (χ2n) is 12.7. The number of hydrogen-bond acceptors (Lipinski definition) is 0. The van der Waals surface area contributed by atoms with Crippen LogP contribution in [0, 0.1) is 12.1 Å². The summed E-state index contributed by atoms with van der Waals surface area (Å²) in [7, 11) is 0. The largest absolute Gasteiger partial charge is 0.273 e. The Kier molecular flexibility index (Phi) is 10.9. The van der Waals surface area contributed by atoms with E-state index in [0.29, 0.717) is 0 Å². The van der Waals surface area contributed by atoms with Crippen molar-refractivity contribution in [2.75, 3.05) is 0 Å². The molecule has 0 saturated heterocycles. The van der Waals surface area contributed by atoms with Crippen molar-refractivity contribution in [3.63, 3.8) is 0 Å². The second-order valence-corrected chi connectivity index (χ2v) is 14.8. The van der Waals surface area contributed by atoms with Gasteiger partial charge in [-0.05, 0) is 17.4 Å². The Labute approximate surface area is 277 Å². The molecule has 0 saturated carbocycles. The fraction of sp³-hybridized carbons (Fsp3) is 0.256. The molecule has 4 aromatic rings. The summed E-state index contributed by atoms with van der Waals surface area (Å²) in [5.74, 6) is 0. The van der Waals surface area contributed by atoms with Crippen molar-refractivity contribution in [3.8, 4) is 11.1 Å². The van der Waals surface area contributed by atoms with Gasteiger partial charge in [-0.3, -0.25) is 6.08 Å². The third-order valence-electron chi connectivity index (χ3n) is 7.34. The van der Waals surface area contributed by atoms with E-state index < -0.39 is 0 Å². The maximum atomic E-state index is 5.98.